The summed E-state index contributed by atoms with van der Waals surface area (Å²) in [5.74, 6) is 0. The van der Waals surface area contributed by atoms with Gasteiger partial charge in [-0.2, -0.15) is 0 Å². The maximum Gasteiger partial charge on any atom is 0.118 e. The van der Waals surface area contributed by atoms with E-state index in [2.05, 4.69) is 36.1 Å². The molecule has 0 spiro atoms. The second-order valence-electron chi connectivity index (χ2n) is 2.59. The lowest BCUT2D eigenvalue weighted by molar-refractivity contribution is 0.401. The second kappa shape index (κ2) is 5.10. The number of hydrogen-bond donors (Lipinski definition) is 0. The Morgan fingerprint density at radius 2 is 2.10 bits per heavy atom. The van der Waals surface area contributed by atoms with Crippen LogP contribution in [0.2, 0.25) is 0 Å². The van der Waals surface area contributed by atoms with Crippen molar-refractivity contribution in [2.45, 2.75) is 36.8 Å². The van der Waals surface area contributed by atoms with Gasteiger partial charge < -0.3 is 0 Å². The third-order valence-corrected chi connectivity index (χ3v) is 2.05. The van der Waals surface area contributed by atoms with Crippen molar-refractivity contribution in [3.63, 3.8) is 0 Å². The largest absolute Gasteiger partial charge is 0.243 e. The minimum absolute atomic E-state index is 0.619. The van der Waals surface area contributed by atoms with E-state index in [-0.39, 0.29) is 0 Å². The third-order valence-electron chi connectivity index (χ3n) is 1.43. The van der Waals surface area contributed by atoms with Gasteiger partial charge in [0, 0.05) is 3.92 Å². The number of allylic oxidation sites excluding steroid dienone is 1. The van der Waals surface area contributed by atoms with Crippen LogP contribution >= 0.6 is 22.6 Å². The molecule has 0 aliphatic heterocycles. The van der Waals surface area contributed by atoms with Crippen LogP contribution in [0.3, 0.4) is 0 Å². The van der Waals surface area contributed by atoms with E-state index in [0.29, 0.717) is 3.92 Å². The Hall–Kier alpha value is 0.400. The Labute approximate surface area is 76.0 Å². The van der Waals surface area contributed by atoms with Crippen molar-refractivity contribution in [3.05, 3.63) is 12.2 Å². The van der Waals surface area contributed by atoms with Gasteiger partial charge in [-0.25, -0.2) is 4.39 Å². The lowest BCUT2D eigenvalue weighted by atomic mass is 10.1. The first-order valence-corrected chi connectivity index (χ1v) is 4.74. The zero-order valence-electron chi connectivity index (χ0n) is 6.53. The maximum absolute atomic E-state index is 12.4. The summed E-state index contributed by atoms with van der Waals surface area (Å²) >= 11 is 2.34. The molecule has 0 saturated heterocycles. The number of alkyl halides is 2. The molecular weight excluding hydrogens is 242 g/mol. The summed E-state index contributed by atoms with van der Waals surface area (Å²) in [6.07, 6.45) is 1.02. The van der Waals surface area contributed by atoms with E-state index in [1.807, 2.05) is 0 Å². The van der Waals surface area contributed by atoms with Gasteiger partial charge in [0.15, 0.2) is 0 Å². The van der Waals surface area contributed by atoms with Crippen LogP contribution < -0.4 is 0 Å². The predicted molar refractivity (Wildman–Crippen MR) is 52.4 cm³/mol. The molecular formula is C8H14FI. The Kier molecular flexibility index (Phi) is 5.31. The molecule has 0 radical (unpaired) electrons. The van der Waals surface area contributed by atoms with Crippen molar-refractivity contribution in [1.82, 2.24) is 0 Å². The van der Waals surface area contributed by atoms with Crippen LogP contribution in [-0.4, -0.2) is 10.1 Å². The molecule has 2 heteroatoms. The maximum atomic E-state index is 12.4. The fourth-order valence-electron chi connectivity index (χ4n) is 0.583. The Morgan fingerprint density at radius 1 is 1.60 bits per heavy atom. The molecule has 0 aromatic rings. The van der Waals surface area contributed by atoms with Gasteiger partial charge in [-0.15, -0.1) is 0 Å². The molecule has 0 aromatic heterocycles. The highest BCUT2D eigenvalue weighted by molar-refractivity contribution is 14.1. The standard InChI is InChI=1S/C8H14FI/c1-6(8(3)9)4-5-7(2)10/h7-8H,1,4-5H2,2-3H3. The van der Waals surface area contributed by atoms with Crippen molar-refractivity contribution in [2.75, 3.05) is 0 Å². The quantitative estimate of drug-likeness (QED) is 0.410. The average Bonchev–Trinajstić information content (AvgIpc) is 1.82. The van der Waals surface area contributed by atoms with Gasteiger partial charge in [0.25, 0.3) is 0 Å². The monoisotopic (exact) mass is 256 g/mol. The van der Waals surface area contributed by atoms with Gasteiger partial charge in [0.1, 0.15) is 6.17 Å². The lowest BCUT2D eigenvalue weighted by Crippen LogP contribution is -1.99. The zero-order valence-corrected chi connectivity index (χ0v) is 8.69. The van der Waals surface area contributed by atoms with Crippen molar-refractivity contribution in [1.29, 1.82) is 0 Å². The fourth-order valence-corrected chi connectivity index (χ4v) is 0.895. The van der Waals surface area contributed by atoms with E-state index in [0.717, 1.165) is 18.4 Å². The smallest absolute Gasteiger partial charge is 0.118 e. The predicted octanol–water partition coefficient (Wildman–Crippen LogP) is 3.50. The topological polar surface area (TPSA) is 0 Å². The SMILES string of the molecule is C=C(CCC(C)I)C(C)F. The molecule has 0 amide bonds. The highest BCUT2D eigenvalue weighted by Crippen LogP contribution is 2.15. The van der Waals surface area contributed by atoms with E-state index < -0.39 is 6.17 Å². The van der Waals surface area contributed by atoms with E-state index >= 15 is 0 Å². The summed E-state index contributed by atoms with van der Waals surface area (Å²) in [6.45, 7) is 7.31. The van der Waals surface area contributed by atoms with Crippen LogP contribution in [0, 0.1) is 0 Å². The van der Waals surface area contributed by atoms with E-state index in [1.54, 1.807) is 6.92 Å². The second-order valence-corrected chi connectivity index (χ2v) is 4.72. The highest BCUT2D eigenvalue weighted by atomic mass is 127. The van der Waals surface area contributed by atoms with E-state index in [1.165, 1.54) is 0 Å². The normalized spacial score (nSPS) is 16.4. The third kappa shape index (κ3) is 5.21. The van der Waals surface area contributed by atoms with Crippen LogP contribution in [0.15, 0.2) is 12.2 Å². The Bertz CT molecular complexity index is 108. The number of rotatable bonds is 4. The van der Waals surface area contributed by atoms with Crippen LogP contribution in [0.5, 0.6) is 0 Å². The molecule has 0 fully saturated rings. The molecule has 0 bridgehead atoms. The lowest BCUT2D eigenvalue weighted by Gasteiger charge is -2.06. The van der Waals surface area contributed by atoms with E-state index in [4.69, 9.17) is 0 Å². The van der Waals surface area contributed by atoms with Crippen LogP contribution in [-0.2, 0) is 0 Å². The Balaban J connectivity index is 3.40. The first-order chi connectivity index (χ1) is 4.54. The fraction of sp³-hybridized carbons (Fsp3) is 0.750. The molecule has 0 N–H and O–H groups in total. The summed E-state index contributed by atoms with van der Waals surface area (Å²) in [4.78, 5) is 0. The van der Waals surface area contributed by atoms with Crippen molar-refractivity contribution < 1.29 is 4.39 Å². The van der Waals surface area contributed by atoms with Crippen LogP contribution in [0.1, 0.15) is 26.7 Å². The Morgan fingerprint density at radius 3 is 2.40 bits per heavy atom. The summed E-state index contributed by atoms with van der Waals surface area (Å²) in [6, 6.07) is 0. The minimum atomic E-state index is -0.838. The molecule has 2 unspecified atom stereocenters. The van der Waals surface area contributed by atoms with Crippen LogP contribution in [0.25, 0.3) is 0 Å². The summed E-state index contributed by atoms with van der Waals surface area (Å²) < 4.78 is 13.1. The molecule has 10 heavy (non-hydrogen) atoms. The van der Waals surface area contributed by atoms with Crippen molar-refractivity contribution in [2.24, 2.45) is 0 Å². The van der Waals surface area contributed by atoms with Crippen molar-refractivity contribution in [3.8, 4) is 0 Å². The summed E-state index contributed by atoms with van der Waals surface area (Å²) in [5.41, 5.74) is 0.725. The van der Waals surface area contributed by atoms with Gasteiger partial charge in [-0.1, -0.05) is 36.1 Å². The first kappa shape index (κ1) is 10.4. The molecule has 0 aromatic carbocycles. The molecule has 0 saturated carbocycles. The molecule has 0 nitrogen and oxygen atoms in total. The molecule has 0 heterocycles. The van der Waals surface area contributed by atoms with Crippen molar-refractivity contribution >= 4 is 22.6 Å². The summed E-state index contributed by atoms with van der Waals surface area (Å²) in [5, 5.41) is 0. The number of hydrogen-bond acceptors (Lipinski definition) is 0. The molecule has 2 atom stereocenters. The molecule has 60 valence electrons. The summed E-state index contributed by atoms with van der Waals surface area (Å²) in [7, 11) is 0. The van der Waals surface area contributed by atoms with Crippen LogP contribution in [0.4, 0.5) is 4.39 Å². The molecule has 0 rings (SSSR count). The molecule has 0 aliphatic rings. The van der Waals surface area contributed by atoms with Gasteiger partial charge in [0.2, 0.25) is 0 Å². The highest BCUT2D eigenvalue weighted by Gasteiger charge is 2.04. The van der Waals surface area contributed by atoms with E-state index in [9.17, 15) is 4.39 Å². The number of halogens is 2. The average molecular weight is 256 g/mol. The minimum Gasteiger partial charge on any atom is -0.243 e. The van der Waals surface area contributed by atoms with Gasteiger partial charge in [0.05, 0.1) is 0 Å². The van der Waals surface area contributed by atoms with Gasteiger partial charge in [-0.3, -0.25) is 0 Å². The molecule has 0 aliphatic carbocycles. The first-order valence-electron chi connectivity index (χ1n) is 3.50. The zero-order chi connectivity index (χ0) is 8.15. The van der Waals surface area contributed by atoms with Gasteiger partial charge in [-0.05, 0) is 25.3 Å². The van der Waals surface area contributed by atoms with Gasteiger partial charge >= 0.3 is 0 Å².